The van der Waals surface area contributed by atoms with E-state index in [-0.39, 0.29) is 12.1 Å². The number of hydrogen-bond donors (Lipinski definition) is 1. The number of rotatable bonds is 9. The molecule has 3 aromatic heterocycles. The standard InChI is InChI=1S/C38H44N6O3S/c1-24(2)35-41-28(23-48-35)16-15-26-10-7-12-30-29(26)17-14-25(3)33(30)46-34-31(13-8-19-39-34)32-18-20-40-36(43-32)42-27-11-9-21-44(22-27)37(45)47-38(4,5)6/h7-8,10,12-14,17-20,23-24,27H,9,11,15-16,21-22H2,1-6H3,(H,40,42,43)/t27-/m0/s1. The number of benzene rings is 2. The number of carbonyl (C=O) groups is 1. The molecule has 1 fully saturated rings. The monoisotopic (exact) mass is 664 g/mol. The third-order valence-corrected chi connectivity index (χ3v) is 9.51. The Bertz CT molecular complexity index is 1900. The van der Waals surface area contributed by atoms with Crippen LogP contribution >= 0.6 is 11.3 Å². The van der Waals surface area contributed by atoms with E-state index in [4.69, 9.17) is 19.4 Å². The molecule has 2 aromatic carbocycles. The van der Waals surface area contributed by atoms with E-state index < -0.39 is 5.60 Å². The lowest BCUT2D eigenvalue weighted by Gasteiger charge is -2.34. The molecule has 10 heteroatoms. The predicted molar refractivity (Wildman–Crippen MR) is 192 cm³/mol. The summed E-state index contributed by atoms with van der Waals surface area (Å²) in [7, 11) is 0. The molecular formula is C38H44N6O3S. The van der Waals surface area contributed by atoms with Crippen LogP contribution in [0.4, 0.5) is 10.7 Å². The van der Waals surface area contributed by atoms with Gasteiger partial charge in [-0.15, -0.1) is 11.3 Å². The van der Waals surface area contributed by atoms with Gasteiger partial charge in [0.25, 0.3) is 0 Å². The smallest absolute Gasteiger partial charge is 0.410 e. The van der Waals surface area contributed by atoms with E-state index in [9.17, 15) is 4.79 Å². The van der Waals surface area contributed by atoms with Crippen LogP contribution in [0, 0.1) is 6.92 Å². The molecule has 0 saturated carbocycles. The Morgan fingerprint density at radius 3 is 2.67 bits per heavy atom. The van der Waals surface area contributed by atoms with Crippen molar-refractivity contribution in [2.75, 3.05) is 18.4 Å². The molecule has 0 unspecified atom stereocenters. The average Bonchev–Trinajstić information content (AvgIpc) is 3.54. The molecule has 4 heterocycles. The lowest BCUT2D eigenvalue weighted by molar-refractivity contribution is 0.0206. The molecular weight excluding hydrogens is 621 g/mol. The van der Waals surface area contributed by atoms with Crippen molar-refractivity contribution < 1.29 is 14.3 Å². The average molecular weight is 665 g/mol. The van der Waals surface area contributed by atoms with Crippen LogP contribution in [0.5, 0.6) is 11.6 Å². The number of nitrogens with one attached hydrogen (secondary N) is 1. The van der Waals surface area contributed by atoms with Gasteiger partial charge in [-0.3, -0.25) is 0 Å². The number of ether oxygens (including phenoxy) is 2. The van der Waals surface area contributed by atoms with E-state index in [2.05, 4.69) is 71.8 Å². The van der Waals surface area contributed by atoms with Crippen LogP contribution in [0.2, 0.25) is 0 Å². The molecule has 1 amide bonds. The van der Waals surface area contributed by atoms with Crippen molar-refractivity contribution in [3.63, 3.8) is 0 Å². The van der Waals surface area contributed by atoms with Gasteiger partial charge in [-0.2, -0.15) is 0 Å². The summed E-state index contributed by atoms with van der Waals surface area (Å²) in [6.45, 7) is 13.3. The SMILES string of the molecule is Cc1ccc2c(CCc3csc(C(C)C)n3)cccc2c1Oc1ncccc1-c1ccnc(N[C@H]2CCCN(C(=O)OC(C)(C)C)C2)n1. The second-order valence-electron chi connectivity index (χ2n) is 13.7. The van der Waals surface area contributed by atoms with Crippen LogP contribution < -0.4 is 10.1 Å². The Morgan fingerprint density at radius 2 is 1.88 bits per heavy atom. The fourth-order valence-electron chi connectivity index (χ4n) is 5.93. The Labute approximate surface area is 286 Å². The van der Waals surface area contributed by atoms with Crippen molar-refractivity contribution in [2.24, 2.45) is 0 Å². The number of amides is 1. The van der Waals surface area contributed by atoms with Gasteiger partial charge in [0.1, 0.15) is 11.4 Å². The molecule has 9 nitrogen and oxygen atoms in total. The summed E-state index contributed by atoms with van der Waals surface area (Å²) < 4.78 is 12.3. The molecule has 1 saturated heterocycles. The molecule has 6 rings (SSSR count). The molecule has 1 aliphatic heterocycles. The Morgan fingerprint density at radius 1 is 1.02 bits per heavy atom. The molecule has 1 N–H and O–H groups in total. The number of fused-ring (bicyclic) bond motifs is 1. The van der Waals surface area contributed by atoms with Crippen LogP contribution in [-0.2, 0) is 17.6 Å². The van der Waals surface area contributed by atoms with Crippen LogP contribution in [0.1, 0.15) is 75.2 Å². The van der Waals surface area contributed by atoms with Crippen molar-refractivity contribution in [1.29, 1.82) is 0 Å². The Kier molecular flexibility index (Phi) is 9.91. The summed E-state index contributed by atoms with van der Waals surface area (Å²) in [5.41, 5.74) is 4.35. The normalized spacial score (nSPS) is 15.1. The van der Waals surface area contributed by atoms with Crippen LogP contribution in [-0.4, -0.2) is 55.7 Å². The summed E-state index contributed by atoms with van der Waals surface area (Å²) in [5, 5.41) is 9.02. The second-order valence-corrected chi connectivity index (χ2v) is 14.6. The lowest BCUT2D eigenvalue weighted by Crippen LogP contribution is -2.47. The minimum atomic E-state index is -0.537. The van der Waals surface area contributed by atoms with E-state index in [0.717, 1.165) is 59.0 Å². The zero-order valence-corrected chi connectivity index (χ0v) is 29.4. The minimum Gasteiger partial charge on any atom is -0.444 e. The molecule has 250 valence electrons. The highest BCUT2D eigenvalue weighted by molar-refractivity contribution is 7.09. The fraction of sp³-hybridized carbons (Fsp3) is 0.395. The first-order chi connectivity index (χ1) is 23.0. The summed E-state index contributed by atoms with van der Waals surface area (Å²) in [4.78, 5) is 33.3. The number of anilines is 1. The minimum absolute atomic E-state index is 0.00596. The number of thiazole rings is 1. The van der Waals surface area contributed by atoms with Gasteiger partial charge in [0.05, 0.1) is 22.0 Å². The maximum atomic E-state index is 12.7. The first-order valence-corrected chi connectivity index (χ1v) is 17.6. The van der Waals surface area contributed by atoms with Crippen molar-refractivity contribution in [3.8, 4) is 22.9 Å². The maximum Gasteiger partial charge on any atom is 0.410 e. The summed E-state index contributed by atoms with van der Waals surface area (Å²) in [5.74, 6) is 2.19. The van der Waals surface area contributed by atoms with Crippen LogP contribution in [0.3, 0.4) is 0 Å². The lowest BCUT2D eigenvalue weighted by atomic mass is 9.98. The fourth-order valence-corrected chi connectivity index (χ4v) is 6.80. The Hall–Kier alpha value is -4.57. The molecule has 5 aromatic rings. The number of piperidine rings is 1. The zero-order valence-electron chi connectivity index (χ0n) is 28.6. The van der Waals surface area contributed by atoms with Gasteiger partial charge in [0.15, 0.2) is 0 Å². The molecule has 0 aliphatic carbocycles. The van der Waals surface area contributed by atoms with E-state index in [0.29, 0.717) is 36.5 Å². The topological polar surface area (TPSA) is 102 Å². The van der Waals surface area contributed by atoms with Gasteiger partial charge >= 0.3 is 6.09 Å². The van der Waals surface area contributed by atoms with E-state index in [1.54, 1.807) is 28.6 Å². The predicted octanol–water partition coefficient (Wildman–Crippen LogP) is 8.97. The number of pyridine rings is 1. The highest BCUT2D eigenvalue weighted by atomic mass is 32.1. The summed E-state index contributed by atoms with van der Waals surface area (Å²) >= 11 is 1.74. The maximum absolute atomic E-state index is 12.7. The van der Waals surface area contributed by atoms with Gasteiger partial charge in [0, 0.05) is 48.2 Å². The molecule has 0 radical (unpaired) electrons. The highest BCUT2D eigenvalue weighted by Crippen LogP contribution is 2.38. The number of nitrogens with zero attached hydrogens (tertiary/aromatic N) is 5. The first kappa shape index (κ1) is 33.3. The van der Waals surface area contributed by atoms with Crippen molar-refractivity contribution >= 4 is 34.2 Å². The third-order valence-electron chi connectivity index (χ3n) is 8.32. The highest BCUT2D eigenvalue weighted by Gasteiger charge is 2.28. The molecule has 0 spiro atoms. The molecule has 1 atom stereocenters. The van der Waals surface area contributed by atoms with Gasteiger partial charge in [0.2, 0.25) is 11.8 Å². The molecule has 1 aliphatic rings. The second kappa shape index (κ2) is 14.3. The quantitative estimate of drug-likeness (QED) is 0.167. The van der Waals surface area contributed by atoms with Gasteiger partial charge < -0.3 is 19.7 Å². The van der Waals surface area contributed by atoms with Gasteiger partial charge in [-0.25, -0.2) is 24.7 Å². The number of hydrogen-bond acceptors (Lipinski definition) is 9. The van der Waals surface area contributed by atoms with E-state index in [1.807, 2.05) is 39.0 Å². The molecule has 0 bridgehead atoms. The van der Waals surface area contributed by atoms with E-state index in [1.165, 1.54) is 10.6 Å². The number of aryl methyl sites for hydroxylation is 3. The zero-order chi connectivity index (χ0) is 33.8. The van der Waals surface area contributed by atoms with E-state index >= 15 is 0 Å². The largest absolute Gasteiger partial charge is 0.444 e. The van der Waals surface area contributed by atoms with Crippen molar-refractivity contribution in [3.05, 3.63) is 88.1 Å². The third kappa shape index (κ3) is 7.93. The number of carbonyl (C=O) groups excluding carboxylic acids is 1. The molecule has 48 heavy (non-hydrogen) atoms. The van der Waals surface area contributed by atoms with Gasteiger partial charge in [-0.05, 0) is 88.1 Å². The van der Waals surface area contributed by atoms with Crippen molar-refractivity contribution in [1.82, 2.24) is 24.8 Å². The summed E-state index contributed by atoms with van der Waals surface area (Å²) in [6, 6.07) is 16.4. The number of aromatic nitrogens is 4. The number of likely N-dealkylation sites (tertiary alicyclic amines) is 1. The first-order valence-electron chi connectivity index (χ1n) is 16.7. The van der Waals surface area contributed by atoms with Gasteiger partial charge in [-0.1, -0.05) is 44.2 Å². The van der Waals surface area contributed by atoms with Crippen LogP contribution in [0.25, 0.3) is 22.0 Å². The van der Waals surface area contributed by atoms with Crippen molar-refractivity contribution in [2.45, 2.75) is 84.8 Å². The summed E-state index contributed by atoms with van der Waals surface area (Å²) in [6.07, 6.45) is 6.72. The van der Waals surface area contributed by atoms with Crippen LogP contribution in [0.15, 0.2) is 66.3 Å². The Balaban J connectivity index is 1.21.